The van der Waals surface area contributed by atoms with Crippen molar-refractivity contribution >= 4 is 5.91 Å². The molecule has 5 heteroatoms. The monoisotopic (exact) mass is 395 g/mol. The molecule has 5 nitrogen and oxygen atoms in total. The number of carbonyl (C=O) groups is 1. The Labute approximate surface area is 173 Å². The summed E-state index contributed by atoms with van der Waals surface area (Å²) in [6.07, 6.45) is 3.55. The van der Waals surface area contributed by atoms with E-state index in [1.165, 1.54) is 23.3 Å². The maximum Gasteiger partial charge on any atom is 0.277 e. The second-order valence-electron chi connectivity index (χ2n) is 8.29. The van der Waals surface area contributed by atoms with Crippen molar-refractivity contribution in [2.75, 3.05) is 39.9 Å². The maximum atomic E-state index is 12.7. The van der Waals surface area contributed by atoms with Gasteiger partial charge >= 0.3 is 0 Å². The van der Waals surface area contributed by atoms with Gasteiger partial charge in [-0.2, -0.15) is 0 Å². The van der Waals surface area contributed by atoms with E-state index in [1.807, 2.05) is 30.1 Å². The molecule has 2 aliphatic rings. The van der Waals surface area contributed by atoms with Gasteiger partial charge in [0.1, 0.15) is 13.2 Å². The molecule has 0 aromatic heterocycles. The quantitative estimate of drug-likeness (QED) is 0.813. The third-order valence-electron chi connectivity index (χ3n) is 6.03. The molecule has 1 saturated heterocycles. The Morgan fingerprint density at radius 1 is 1.00 bits per heavy atom. The number of ether oxygens (including phenoxy) is 2. The van der Waals surface area contributed by atoms with Crippen molar-refractivity contribution < 1.29 is 19.2 Å². The van der Waals surface area contributed by atoms with Gasteiger partial charge in [0, 0.05) is 13.6 Å². The lowest BCUT2D eigenvalue weighted by Gasteiger charge is -2.30. The number of benzene rings is 2. The zero-order chi connectivity index (χ0) is 20.1. The zero-order valence-corrected chi connectivity index (χ0v) is 17.2. The molecule has 4 rings (SSSR count). The molecule has 0 bridgehead atoms. The second-order valence-corrected chi connectivity index (χ2v) is 8.29. The minimum absolute atomic E-state index is 0.205. The first-order valence-electron chi connectivity index (χ1n) is 10.7. The minimum Gasteiger partial charge on any atom is -0.486 e. The topological polar surface area (TPSA) is 43.2 Å². The molecule has 0 saturated carbocycles. The average molecular weight is 396 g/mol. The number of hydrogen-bond acceptors (Lipinski definition) is 3. The van der Waals surface area contributed by atoms with Gasteiger partial charge in [-0.05, 0) is 48.4 Å². The number of quaternary nitrogens is 1. The van der Waals surface area contributed by atoms with E-state index in [2.05, 4.69) is 30.3 Å². The Morgan fingerprint density at radius 3 is 2.48 bits per heavy atom. The van der Waals surface area contributed by atoms with E-state index < -0.39 is 0 Å². The van der Waals surface area contributed by atoms with Crippen LogP contribution in [0.25, 0.3) is 0 Å². The lowest BCUT2D eigenvalue weighted by Crippen LogP contribution is -3.14. The smallest absolute Gasteiger partial charge is 0.277 e. The highest BCUT2D eigenvalue weighted by molar-refractivity contribution is 5.76. The Hall–Kier alpha value is -2.53. The van der Waals surface area contributed by atoms with E-state index in [0.717, 1.165) is 42.5 Å². The van der Waals surface area contributed by atoms with Crippen LogP contribution in [0.4, 0.5) is 0 Å². The Morgan fingerprint density at radius 2 is 1.72 bits per heavy atom. The predicted molar refractivity (Wildman–Crippen MR) is 112 cm³/mol. The number of fused-ring (bicyclic) bond motifs is 1. The standard InChI is InChI=1S/C24H30N2O3/c1-25(17-21-7-8-22-23(16-21)29-14-13-28-22)24(27)18-26-11-9-20(10-12-26)15-19-5-3-2-4-6-19/h2-8,16,20H,9-15,17-18H2,1H3/p+1. The highest BCUT2D eigenvalue weighted by Gasteiger charge is 2.25. The fraction of sp³-hybridized carbons (Fsp3) is 0.458. The molecular formula is C24H31N2O3+. The third kappa shape index (κ3) is 5.30. The van der Waals surface area contributed by atoms with Gasteiger partial charge in [0.05, 0.1) is 13.1 Å². The number of rotatable bonds is 6. The van der Waals surface area contributed by atoms with Gasteiger partial charge < -0.3 is 19.3 Å². The Bertz CT molecular complexity index is 816. The fourth-order valence-electron chi connectivity index (χ4n) is 4.31. The van der Waals surface area contributed by atoms with E-state index in [0.29, 0.717) is 26.3 Å². The van der Waals surface area contributed by atoms with Crippen LogP contribution < -0.4 is 14.4 Å². The van der Waals surface area contributed by atoms with Crippen molar-refractivity contribution in [1.82, 2.24) is 4.90 Å². The molecular weight excluding hydrogens is 364 g/mol. The minimum atomic E-state index is 0.205. The number of hydrogen-bond donors (Lipinski definition) is 1. The van der Waals surface area contributed by atoms with E-state index in [9.17, 15) is 4.79 Å². The summed E-state index contributed by atoms with van der Waals surface area (Å²) in [5.41, 5.74) is 2.50. The Kier molecular flexibility index (Phi) is 6.35. The molecule has 1 N–H and O–H groups in total. The van der Waals surface area contributed by atoms with Gasteiger partial charge in [-0.25, -0.2) is 0 Å². The summed E-state index contributed by atoms with van der Waals surface area (Å²) < 4.78 is 11.2. The van der Waals surface area contributed by atoms with Crippen LogP contribution in [0.2, 0.25) is 0 Å². The molecule has 0 spiro atoms. The summed E-state index contributed by atoms with van der Waals surface area (Å²) in [7, 11) is 1.89. The molecule has 0 radical (unpaired) electrons. The molecule has 29 heavy (non-hydrogen) atoms. The molecule has 2 aromatic rings. The molecule has 154 valence electrons. The van der Waals surface area contributed by atoms with Crippen LogP contribution in [0, 0.1) is 5.92 Å². The van der Waals surface area contributed by atoms with Crippen molar-refractivity contribution in [1.29, 1.82) is 0 Å². The third-order valence-corrected chi connectivity index (χ3v) is 6.03. The number of carbonyl (C=O) groups excluding carboxylic acids is 1. The summed E-state index contributed by atoms with van der Waals surface area (Å²) in [4.78, 5) is 16.0. The molecule has 2 aliphatic heterocycles. The lowest BCUT2D eigenvalue weighted by molar-refractivity contribution is -0.898. The zero-order valence-electron chi connectivity index (χ0n) is 17.2. The highest BCUT2D eigenvalue weighted by atomic mass is 16.6. The molecule has 0 unspecified atom stereocenters. The van der Waals surface area contributed by atoms with Gasteiger partial charge in [0.15, 0.2) is 18.0 Å². The van der Waals surface area contributed by atoms with Crippen LogP contribution in [0.5, 0.6) is 11.5 Å². The highest BCUT2D eigenvalue weighted by Crippen LogP contribution is 2.31. The normalized spacial score (nSPS) is 20.9. The summed E-state index contributed by atoms with van der Waals surface area (Å²) in [6, 6.07) is 16.7. The molecule has 0 aliphatic carbocycles. The molecule has 0 atom stereocenters. The van der Waals surface area contributed by atoms with Gasteiger partial charge in [0.25, 0.3) is 5.91 Å². The van der Waals surface area contributed by atoms with Gasteiger partial charge in [-0.1, -0.05) is 36.4 Å². The van der Waals surface area contributed by atoms with Crippen molar-refractivity contribution in [2.45, 2.75) is 25.8 Å². The van der Waals surface area contributed by atoms with Crippen LogP contribution in [-0.4, -0.2) is 50.7 Å². The fourth-order valence-corrected chi connectivity index (χ4v) is 4.31. The summed E-state index contributed by atoms with van der Waals surface area (Å²) in [6.45, 7) is 4.52. The first-order chi connectivity index (χ1) is 14.2. The summed E-state index contributed by atoms with van der Waals surface area (Å²) in [5.74, 6) is 2.51. The van der Waals surface area contributed by atoms with E-state index in [-0.39, 0.29) is 5.91 Å². The van der Waals surface area contributed by atoms with Crippen LogP contribution in [0.3, 0.4) is 0 Å². The van der Waals surface area contributed by atoms with E-state index in [1.54, 1.807) is 0 Å². The van der Waals surface area contributed by atoms with Crippen LogP contribution in [0.15, 0.2) is 48.5 Å². The number of nitrogens with zero attached hydrogens (tertiary/aromatic N) is 1. The SMILES string of the molecule is CN(Cc1ccc2c(c1)OCCO2)C(=O)C[NH+]1CCC(Cc2ccccc2)CC1. The van der Waals surface area contributed by atoms with Crippen molar-refractivity contribution in [3.8, 4) is 11.5 Å². The number of nitrogens with one attached hydrogen (secondary N) is 1. The number of amides is 1. The van der Waals surface area contributed by atoms with Crippen LogP contribution >= 0.6 is 0 Å². The van der Waals surface area contributed by atoms with E-state index in [4.69, 9.17) is 9.47 Å². The van der Waals surface area contributed by atoms with Crippen molar-refractivity contribution in [3.05, 3.63) is 59.7 Å². The molecule has 1 fully saturated rings. The van der Waals surface area contributed by atoms with Crippen molar-refractivity contribution in [3.63, 3.8) is 0 Å². The summed E-state index contributed by atoms with van der Waals surface area (Å²) >= 11 is 0. The first kappa shape index (κ1) is 19.8. The average Bonchev–Trinajstić information content (AvgIpc) is 2.76. The van der Waals surface area contributed by atoms with Crippen molar-refractivity contribution in [2.24, 2.45) is 5.92 Å². The maximum absolute atomic E-state index is 12.7. The first-order valence-corrected chi connectivity index (χ1v) is 10.7. The second kappa shape index (κ2) is 9.31. The largest absolute Gasteiger partial charge is 0.486 e. The molecule has 2 aromatic carbocycles. The lowest BCUT2D eigenvalue weighted by atomic mass is 9.90. The molecule has 1 amide bonds. The number of likely N-dealkylation sites (N-methyl/N-ethyl adjacent to an activating group) is 1. The van der Waals surface area contributed by atoms with Gasteiger partial charge in [-0.3, -0.25) is 4.79 Å². The molecule has 2 heterocycles. The predicted octanol–water partition coefficient (Wildman–Crippen LogP) is 1.95. The van der Waals surface area contributed by atoms with Crippen LogP contribution in [-0.2, 0) is 17.8 Å². The Balaban J connectivity index is 1.23. The number of piperidine rings is 1. The van der Waals surface area contributed by atoms with Gasteiger partial charge in [0.2, 0.25) is 0 Å². The van der Waals surface area contributed by atoms with Crippen LogP contribution in [0.1, 0.15) is 24.0 Å². The van der Waals surface area contributed by atoms with E-state index >= 15 is 0 Å². The summed E-state index contributed by atoms with van der Waals surface area (Å²) in [5, 5.41) is 0. The van der Waals surface area contributed by atoms with Gasteiger partial charge in [-0.15, -0.1) is 0 Å². The number of likely N-dealkylation sites (tertiary alicyclic amines) is 1.